The number of aromatic nitrogens is 4. The molecular formula is C16H16N4O2S. The highest BCUT2D eigenvalue weighted by Crippen LogP contribution is 2.23. The van der Waals surface area contributed by atoms with Crippen LogP contribution >= 0.6 is 11.8 Å². The van der Waals surface area contributed by atoms with Crippen LogP contribution in [0.4, 0.5) is 0 Å². The van der Waals surface area contributed by atoms with Gasteiger partial charge in [-0.2, -0.15) is 0 Å². The van der Waals surface area contributed by atoms with E-state index < -0.39 is 0 Å². The third kappa shape index (κ3) is 3.05. The van der Waals surface area contributed by atoms with Crippen molar-refractivity contribution in [1.29, 1.82) is 0 Å². The second-order valence-corrected chi connectivity index (χ2v) is 6.01. The van der Waals surface area contributed by atoms with Crippen molar-refractivity contribution in [3.8, 4) is 5.75 Å². The Hall–Kier alpha value is -2.41. The van der Waals surface area contributed by atoms with E-state index in [-0.39, 0.29) is 11.5 Å². The quantitative estimate of drug-likeness (QED) is 0.530. The number of hydrogen-bond donors (Lipinski definition) is 0. The van der Waals surface area contributed by atoms with Crippen molar-refractivity contribution in [1.82, 2.24) is 19.6 Å². The van der Waals surface area contributed by atoms with Crippen LogP contribution in [0.5, 0.6) is 5.75 Å². The first-order chi connectivity index (χ1) is 11.1. The number of nitrogens with zero attached hydrogens (tertiary/aromatic N) is 4. The number of carbonyl (C=O) groups is 1. The van der Waals surface area contributed by atoms with Gasteiger partial charge in [-0.15, -0.1) is 10.2 Å². The van der Waals surface area contributed by atoms with Gasteiger partial charge in [-0.1, -0.05) is 23.9 Å². The number of ketones is 1. The highest BCUT2D eigenvalue weighted by molar-refractivity contribution is 7.99. The normalized spacial score (nSPS) is 10.9. The molecule has 0 radical (unpaired) electrons. The number of benzene rings is 1. The summed E-state index contributed by atoms with van der Waals surface area (Å²) in [6.45, 7) is 3.89. The number of para-hydroxylation sites is 1. The molecule has 0 aliphatic carbocycles. The van der Waals surface area contributed by atoms with Gasteiger partial charge in [0.2, 0.25) is 0 Å². The number of thioether (sulfide) groups is 1. The number of fused-ring (bicyclic) bond motifs is 1. The zero-order chi connectivity index (χ0) is 16.4. The molecule has 0 N–H and O–H groups in total. The lowest BCUT2D eigenvalue weighted by Gasteiger charge is -2.07. The fraction of sp³-hybridized carbons (Fsp3) is 0.250. The van der Waals surface area contributed by atoms with Crippen molar-refractivity contribution < 1.29 is 9.53 Å². The van der Waals surface area contributed by atoms with Gasteiger partial charge in [0.15, 0.2) is 10.9 Å². The highest BCUT2D eigenvalue weighted by atomic mass is 32.2. The maximum absolute atomic E-state index is 12.4. The molecule has 0 aliphatic heterocycles. The van der Waals surface area contributed by atoms with Gasteiger partial charge in [0.1, 0.15) is 5.75 Å². The number of ether oxygens (including phenoxy) is 1. The minimum atomic E-state index is -0.0121. The van der Waals surface area contributed by atoms with Crippen molar-refractivity contribution in [3.63, 3.8) is 0 Å². The van der Waals surface area contributed by atoms with Crippen LogP contribution in [0.1, 0.15) is 21.7 Å². The second kappa shape index (κ2) is 6.37. The number of carbonyl (C=O) groups excluding carboxylic acids is 1. The number of methoxy groups -OCH3 is 1. The van der Waals surface area contributed by atoms with Crippen LogP contribution in [0.15, 0.2) is 35.5 Å². The Bertz CT molecular complexity index is 876. The molecule has 0 saturated carbocycles. The zero-order valence-corrected chi connectivity index (χ0v) is 13.9. The van der Waals surface area contributed by atoms with Crippen molar-refractivity contribution >= 4 is 23.3 Å². The summed E-state index contributed by atoms with van der Waals surface area (Å²) < 4.78 is 7.09. The highest BCUT2D eigenvalue weighted by Gasteiger charge is 2.15. The summed E-state index contributed by atoms with van der Waals surface area (Å²) in [5.74, 6) is 1.38. The van der Waals surface area contributed by atoms with Gasteiger partial charge in [-0.05, 0) is 32.0 Å². The molecule has 0 amide bonds. The van der Waals surface area contributed by atoms with Crippen LogP contribution in [-0.2, 0) is 0 Å². The molecule has 2 heterocycles. The van der Waals surface area contributed by atoms with Crippen LogP contribution in [0.2, 0.25) is 0 Å². The predicted molar refractivity (Wildman–Crippen MR) is 88.3 cm³/mol. The molecular weight excluding hydrogens is 312 g/mol. The van der Waals surface area contributed by atoms with Crippen LogP contribution in [0.25, 0.3) is 5.78 Å². The fourth-order valence-electron chi connectivity index (χ4n) is 2.38. The van der Waals surface area contributed by atoms with Gasteiger partial charge in [0, 0.05) is 11.4 Å². The molecule has 0 spiro atoms. The predicted octanol–water partition coefficient (Wildman–Crippen LogP) is 2.72. The van der Waals surface area contributed by atoms with Gasteiger partial charge >= 0.3 is 0 Å². The van der Waals surface area contributed by atoms with Gasteiger partial charge in [0.25, 0.3) is 5.78 Å². The van der Waals surface area contributed by atoms with E-state index in [2.05, 4.69) is 15.2 Å². The molecule has 6 nitrogen and oxygen atoms in total. The van der Waals surface area contributed by atoms with E-state index in [9.17, 15) is 4.79 Å². The molecule has 2 aromatic heterocycles. The van der Waals surface area contributed by atoms with Crippen LogP contribution < -0.4 is 4.74 Å². The lowest BCUT2D eigenvalue weighted by atomic mass is 10.1. The number of aryl methyl sites for hydroxylation is 2. The van der Waals surface area contributed by atoms with Crippen LogP contribution in [-0.4, -0.2) is 38.2 Å². The second-order valence-electron chi connectivity index (χ2n) is 5.07. The minimum absolute atomic E-state index is 0.0121. The molecule has 0 saturated heterocycles. The van der Waals surface area contributed by atoms with Crippen molar-refractivity contribution in [2.75, 3.05) is 12.9 Å². The zero-order valence-electron chi connectivity index (χ0n) is 13.1. The third-order valence-electron chi connectivity index (χ3n) is 3.40. The molecule has 0 aliphatic rings. The summed E-state index contributed by atoms with van der Waals surface area (Å²) in [7, 11) is 1.56. The SMILES string of the molecule is COc1ccccc1C(=O)CSc1nnc2nc(C)cc(C)n12. The fourth-order valence-corrected chi connectivity index (χ4v) is 3.25. The Morgan fingerprint density at radius 3 is 2.83 bits per heavy atom. The molecule has 23 heavy (non-hydrogen) atoms. The Morgan fingerprint density at radius 1 is 1.26 bits per heavy atom. The first-order valence-corrected chi connectivity index (χ1v) is 8.07. The molecule has 3 rings (SSSR count). The monoisotopic (exact) mass is 328 g/mol. The van der Waals surface area contributed by atoms with E-state index in [1.54, 1.807) is 19.2 Å². The minimum Gasteiger partial charge on any atom is -0.496 e. The Balaban J connectivity index is 1.82. The van der Waals surface area contributed by atoms with Crippen molar-refractivity contribution in [2.45, 2.75) is 19.0 Å². The lowest BCUT2D eigenvalue weighted by Crippen LogP contribution is -2.06. The molecule has 1 aromatic carbocycles. The largest absolute Gasteiger partial charge is 0.496 e. The summed E-state index contributed by atoms with van der Waals surface area (Å²) in [4.78, 5) is 16.8. The molecule has 0 atom stereocenters. The topological polar surface area (TPSA) is 69.4 Å². The maximum atomic E-state index is 12.4. The third-order valence-corrected chi connectivity index (χ3v) is 4.33. The van der Waals surface area contributed by atoms with Gasteiger partial charge < -0.3 is 4.74 Å². The Kier molecular flexibility index (Phi) is 4.29. The summed E-state index contributed by atoms with van der Waals surface area (Å²) >= 11 is 1.34. The molecule has 3 aromatic rings. The molecule has 0 fully saturated rings. The summed E-state index contributed by atoms with van der Waals surface area (Å²) in [5.41, 5.74) is 2.45. The number of Topliss-reactive ketones (excluding diaryl/α,β-unsaturated/α-hetero) is 1. The Labute approximate surface area is 137 Å². The summed E-state index contributed by atoms with van der Waals surface area (Å²) in [6.07, 6.45) is 0. The van der Waals surface area contributed by atoms with Crippen LogP contribution in [0.3, 0.4) is 0 Å². The first-order valence-electron chi connectivity index (χ1n) is 7.08. The van der Waals surface area contributed by atoms with Crippen LogP contribution in [0, 0.1) is 13.8 Å². The van der Waals surface area contributed by atoms with E-state index in [0.717, 1.165) is 11.4 Å². The van der Waals surface area contributed by atoms with E-state index in [1.165, 1.54) is 11.8 Å². The van der Waals surface area contributed by atoms with E-state index >= 15 is 0 Å². The molecule has 0 bridgehead atoms. The van der Waals surface area contributed by atoms with E-state index in [0.29, 0.717) is 22.2 Å². The standard InChI is InChI=1S/C16H16N4O2S/c1-10-8-11(2)20-15(17-10)18-19-16(20)23-9-13(21)12-6-4-5-7-14(12)22-3/h4-8H,9H2,1-3H3. The first kappa shape index (κ1) is 15.5. The van der Waals surface area contributed by atoms with Gasteiger partial charge in [-0.25, -0.2) is 4.98 Å². The van der Waals surface area contributed by atoms with Crippen molar-refractivity contribution in [2.24, 2.45) is 0 Å². The average molecular weight is 328 g/mol. The molecule has 118 valence electrons. The van der Waals surface area contributed by atoms with Gasteiger partial charge in [-0.3, -0.25) is 9.20 Å². The van der Waals surface area contributed by atoms with E-state index in [1.807, 2.05) is 36.4 Å². The van der Waals surface area contributed by atoms with Crippen molar-refractivity contribution in [3.05, 3.63) is 47.3 Å². The van der Waals surface area contributed by atoms with E-state index in [4.69, 9.17) is 4.74 Å². The smallest absolute Gasteiger partial charge is 0.256 e. The number of rotatable bonds is 5. The summed E-state index contributed by atoms with van der Waals surface area (Å²) in [6, 6.07) is 9.17. The lowest BCUT2D eigenvalue weighted by molar-refractivity contribution is 0.101. The maximum Gasteiger partial charge on any atom is 0.256 e. The summed E-state index contributed by atoms with van der Waals surface area (Å²) in [5, 5.41) is 8.87. The Morgan fingerprint density at radius 2 is 2.04 bits per heavy atom. The average Bonchev–Trinajstić information content (AvgIpc) is 2.95. The molecule has 7 heteroatoms. The van der Waals surface area contributed by atoms with Gasteiger partial charge in [0.05, 0.1) is 18.4 Å². The molecule has 0 unspecified atom stereocenters. The number of hydrogen-bond acceptors (Lipinski definition) is 6.